The van der Waals surface area contributed by atoms with Gasteiger partial charge < -0.3 is 9.47 Å². The van der Waals surface area contributed by atoms with Crippen LogP contribution in [0.3, 0.4) is 0 Å². The number of nitrogens with zero attached hydrogens (tertiary/aromatic N) is 7. The van der Waals surface area contributed by atoms with Gasteiger partial charge in [-0.1, -0.05) is 13.0 Å². The standard InChI is InChI=1S/C25H26N8O4S/c1-15-9-19(14-27-11-15)24-30-31-25(33(24)22-20(36-4)7-6-8-21(22)37-5)32-38(34,35)17(3)16(2)23-28-12-18(10-26)13-29-23/h6-9,11-14,16-17H,1-5H3,(H,31,32). The number of aromatic nitrogens is 6. The van der Waals surface area contributed by atoms with E-state index in [2.05, 4.69) is 29.9 Å². The number of methoxy groups -OCH3 is 2. The Morgan fingerprint density at radius 1 is 1.03 bits per heavy atom. The van der Waals surface area contributed by atoms with Gasteiger partial charge in [-0.3, -0.25) is 14.3 Å². The molecule has 0 aliphatic rings. The number of para-hydroxylation sites is 1. The molecule has 3 aromatic heterocycles. The van der Waals surface area contributed by atoms with Crippen molar-refractivity contribution in [1.29, 1.82) is 5.26 Å². The first-order chi connectivity index (χ1) is 18.2. The molecule has 196 valence electrons. The Hall–Kier alpha value is -4.57. The maximum Gasteiger partial charge on any atom is 0.243 e. The molecule has 12 nitrogen and oxygen atoms in total. The van der Waals surface area contributed by atoms with Gasteiger partial charge >= 0.3 is 0 Å². The van der Waals surface area contributed by atoms with Crippen LogP contribution in [-0.4, -0.2) is 57.6 Å². The quantitative estimate of drug-likeness (QED) is 0.338. The molecule has 0 saturated heterocycles. The second-order valence-corrected chi connectivity index (χ2v) is 10.6. The molecule has 0 saturated carbocycles. The average Bonchev–Trinajstić information content (AvgIpc) is 3.33. The summed E-state index contributed by atoms with van der Waals surface area (Å²) in [6, 6.07) is 9.01. The molecule has 0 aliphatic heterocycles. The largest absolute Gasteiger partial charge is 0.494 e. The number of nitriles is 1. The monoisotopic (exact) mass is 534 g/mol. The Morgan fingerprint density at radius 3 is 2.26 bits per heavy atom. The number of ether oxygens (including phenoxy) is 2. The molecule has 0 radical (unpaired) electrons. The predicted molar refractivity (Wildman–Crippen MR) is 140 cm³/mol. The molecule has 4 aromatic rings. The predicted octanol–water partition coefficient (Wildman–Crippen LogP) is 3.25. The lowest BCUT2D eigenvalue weighted by Gasteiger charge is -2.21. The van der Waals surface area contributed by atoms with Gasteiger partial charge in [0.1, 0.15) is 29.1 Å². The summed E-state index contributed by atoms with van der Waals surface area (Å²) in [6.07, 6.45) is 6.03. The van der Waals surface area contributed by atoms with Crippen molar-refractivity contribution in [3.8, 4) is 34.6 Å². The summed E-state index contributed by atoms with van der Waals surface area (Å²) < 4.78 is 42.4. The van der Waals surface area contributed by atoms with Crippen molar-refractivity contribution in [2.75, 3.05) is 18.9 Å². The Bertz CT molecular complexity index is 1570. The smallest absolute Gasteiger partial charge is 0.243 e. The molecule has 38 heavy (non-hydrogen) atoms. The van der Waals surface area contributed by atoms with Crippen LogP contribution in [0.25, 0.3) is 17.1 Å². The summed E-state index contributed by atoms with van der Waals surface area (Å²) >= 11 is 0. The summed E-state index contributed by atoms with van der Waals surface area (Å²) in [6.45, 7) is 5.13. The van der Waals surface area contributed by atoms with Gasteiger partial charge in [-0.25, -0.2) is 18.4 Å². The van der Waals surface area contributed by atoms with E-state index in [1.54, 1.807) is 44.4 Å². The number of nitrogens with one attached hydrogen (secondary N) is 1. The summed E-state index contributed by atoms with van der Waals surface area (Å²) in [7, 11) is -1.04. The van der Waals surface area contributed by atoms with E-state index in [0.29, 0.717) is 34.4 Å². The van der Waals surface area contributed by atoms with E-state index in [-0.39, 0.29) is 11.5 Å². The molecule has 0 aliphatic carbocycles. The Kier molecular flexibility index (Phi) is 7.54. The maximum atomic E-state index is 13.6. The minimum atomic E-state index is -4.04. The molecule has 1 N–H and O–H groups in total. The van der Waals surface area contributed by atoms with Gasteiger partial charge in [0, 0.05) is 36.3 Å². The first-order valence-corrected chi connectivity index (χ1v) is 13.1. The highest BCUT2D eigenvalue weighted by atomic mass is 32.2. The van der Waals surface area contributed by atoms with Gasteiger partial charge in [-0.15, -0.1) is 10.2 Å². The van der Waals surface area contributed by atoms with Crippen LogP contribution >= 0.6 is 0 Å². The molecule has 0 amide bonds. The third-order valence-corrected chi connectivity index (χ3v) is 7.91. The molecule has 3 heterocycles. The van der Waals surface area contributed by atoms with E-state index in [1.807, 2.05) is 19.1 Å². The normalized spacial score (nSPS) is 12.8. The van der Waals surface area contributed by atoms with Gasteiger partial charge in [0.2, 0.25) is 16.0 Å². The number of sulfonamides is 1. The molecule has 0 fully saturated rings. The molecule has 13 heteroatoms. The van der Waals surface area contributed by atoms with Crippen molar-refractivity contribution in [2.24, 2.45) is 0 Å². The lowest BCUT2D eigenvalue weighted by molar-refractivity contribution is 0.391. The Balaban J connectivity index is 1.82. The molecule has 0 spiro atoms. The summed E-state index contributed by atoms with van der Waals surface area (Å²) in [5.41, 5.74) is 2.19. The molecule has 1 aromatic carbocycles. The number of anilines is 1. The van der Waals surface area contributed by atoms with Crippen molar-refractivity contribution in [3.05, 3.63) is 66.0 Å². The van der Waals surface area contributed by atoms with Crippen molar-refractivity contribution in [1.82, 2.24) is 29.7 Å². The van der Waals surface area contributed by atoms with Crippen LogP contribution in [0.1, 0.15) is 36.7 Å². The first kappa shape index (κ1) is 26.5. The van der Waals surface area contributed by atoms with Crippen LogP contribution in [0.2, 0.25) is 0 Å². The molecular weight excluding hydrogens is 508 g/mol. The third kappa shape index (κ3) is 5.12. The van der Waals surface area contributed by atoms with Crippen molar-refractivity contribution in [2.45, 2.75) is 31.9 Å². The van der Waals surface area contributed by atoms with Crippen LogP contribution < -0.4 is 14.2 Å². The van der Waals surface area contributed by atoms with Gasteiger partial charge in [0.15, 0.2) is 5.82 Å². The fraction of sp³-hybridized carbons (Fsp3) is 0.280. The summed E-state index contributed by atoms with van der Waals surface area (Å²) in [5, 5.41) is 16.5. The van der Waals surface area contributed by atoms with E-state index in [1.165, 1.54) is 31.2 Å². The third-order valence-electron chi connectivity index (χ3n) is 6.06. The first-order valence-electron chi connectivity index (χ1n) is 11.5. The van der Waals surface area contributed by atoms with E-state index in [9.17, 15) is 8.42 Å². The van der Waals surface area contributed by atoms with Crippen molar-refractivity contribution in [3.63, 3.8) is 0 Å². The van der Waals surface area contributed by atoms with E-state index in [4.69, 9.17) is 14.7 Å². The fourth-order valence-corrected chi connectivity index (χ4v) is 5.04. The van der Waals surface area contributed by atoms with Crippen LogP contribution in [0.15, 0.2) is 49.1 Å². The van der Waals surface area contributed by atoms with Gasteiger partial charge in [0.05, 0.1) is 25.0 Å². The maximum absolute atomic E-state index is 13.6. The molecular formula is C25H26N8O4S. The fourth-order valence-electron chi connectivity index (χ4n) is 3.81. The highest BCUT2D eigenvalue weighted by Crippen LogP contribution is 2.38. The second-order valence-electron chi connectivity index (χ2n) is 8.53. The molecule has 2 atom stereocenters. The Morgan fingerprint density at radius 2 is 1.68 bits per heavy atom. The lowest BCUT2D eigenvalue weighted by Crippen LogP contribution is -2.31. The van der Waals surface area contributed by atoms with Gasteiger partial charge in [0.25, 0.3) is 0 Å². The van der Waals surface area contributed by atoms with Crippen LogP contribution in [0.5, 0.6) is 11.5 Å². The minimum absolute atomic E-state index is 0.0656. The van der Waals surface area contributed by atoms with Gasteiger partial charge in [-0.05, 0) is 37.6 Å². The second kappa shape index (κ2) is 10.8. The topological polar surface area (TPSA) is 158 Å². The SMILES string of the molecule is COc1cccc(OC)c1-n1c(NS(=O)(=O)C(C)C(C)c2ncc(C#N)cn2)nnc1-c1cncc(C)c1. The average molecular weight is 535 g/mol. The van der Waals surface area contributed by atoms with Crippen LogP contribution in [0, 0.1) is 18.3 Å². The molecule has 0 bridgehead atoms. The van der Waals surface area contributed by atoms with Crippen LogP contribution in [0.4, 0.5) is 5.95 Å². The zero-order valence-corrected chi connectivity index (χ0v) is 22.3. The number of hydrogen-bond acceptors (Lipinski definition) is 10. The van der Waals surface area contributed by atoms with E-state index in [0.717, 1.165) is 5.56 Å². The van der Waals surface area contributed by atoms with Gasteiger partial charge in [-0.2, -0.15) is 5.26 Å². The summed E-state index contributed by atoms with van der Waals surface area (Å²) in [5.74, 6) is 0.791. The Labute approximate surface area is 220 Å². The number of hydrogen-bond donors (Lipinski definition) is 1. The zero-order chi connectivity index (χ0) is 27.4. The number of benzene rings is 1. The highest BCUT2D eigenvalue weighted by Gasteiger charge is 2.32. The minimum Gasteiger partial charge on any atom is -0.494 e. The number of rotatable bonds is 9. The number of pyridine rings is 1. The highest BCUT2D eigenvalue weighted by molar-refractivity contribution is 7.93. The number of aryl methyl sites for hydroxylation is 1. The van der Waals surface area contributed by atoms with Crippen molar-refractivity contribution >= 4 is 16.0 Å². The molecule has 2 unspecified atom stereocenters. The lowest BCUT2D eigenvalue weighted by atomic mass is 10.1. The zero-order valence-electron chi connectivity index (χ0n) is 21.4. The molecule has 4 rings (SSSR count). The van der Waals surface area contributed by atoms with Crippen LogP contribution in [-0.2, 0) is 10.0 Å². The summed E-state index contributed by atoms with van der Waals surface area (Å²) in [4.78, 5) is 12.6. The van der Waals surface area contributed by atoms with E-state index >= 15 is 0 Å². The van der Waals surface area contributed by atoms with Crippen molar-refractivity contribution < 1.29 is 17.9 Å². The van der Waals surface area contributed by atoms with E-state index < -0.39 is 21.2 Å².